The second-order valence-corrected chi connectivity index (χ2v) is 30.9. The van der Waals surface area contributed by atoms with Crippen LogP contribution in [0.4, 0.5) is 13.2 Å². The summed E-state index contributed by atoms with van der Waals surface area (Å²) in [5.74, 6) is -8.68. The SMILES string of the molecule is CC[C@@H]1C(=O)NC2(CCCC2)C(=O)N(C)[C@@H](C2CCCC2)C(=O)N(C)[C@H](C(=O)N2CCCCC2)CC(=O)N(C)[C@@H](CC(C)C)C(=O)N[C@@H]([C@@H](C)CC)C(=O)N(C)[C@@H](C)C(=O)N2CCC2C(=O)N(C)[C@@H](CC2CCCCC2)C(=O)N(C)CC(=O)N[C@@H](CCc2ccc(C(F)(F)F)c(Cl)c2)C(=O)N1C. The summed E-state index contributed by atoms with van der Waals surface area (Å²) in [6.45, 7) is 10.8. The van der Waals surface area contributed by atoms with Crippen molar-refractivity contribution in [2.45, 2.75) is 262 Å². The van der Waals surface area contributed by atoms with Crippen LogP contribution >= 0.6 is 11.6 Å². The predicted octanol–water partition coefficient (Wildman–Crippen LogP) is 6.81. The van der Waals surface area contributed by atoms with Gasteiger partial charge in [0.15, 0.2) is 0 Å². The van der Waals surface area contributed by atoms with E-state index in [9.17, 15) is 41.9 Å². The number of nitrogens with one attached hydrogen (secondary N) is 3. The molecule has 1 unspecified atom stereocenters. The van der Waals surface area contributed by atoms with E-state index < -0.39 is 172 Å². The van der Waals surface area contributed by atoms with Gasteiger partial charge in [0.05, 0.1) is 23.6 Å². The summed E-state index contributed by atoms with van der Waals surface area (Å²) in [6, 6.07) is -7.91. The smallest absolute Gasteiger partial charge is 0.343 e. The zero-order chi connectivity index (χ0) is 75.4. The fourth-order valence-corrected chi connectivity index (χ4v) is 16.4. The summed E-state index contributed by atoms with van der Waals surface area (Å²) >= 11 is 6.16. The van der Waals surface area contributed by atoms with Crippen LogP contribution in [-0.4, -0.2) is 250 Å². The van der Waals surface area contributed by atoms with Gasteiger partial charge in [-0.15, -0.1) is 0 Å². The van der Waals surface area contributed by atoms with Crippen LogP contribution in [0.3, 0.4) is 0 Å². The third kappa shape index (κ3) is 19.5. The Kier molecular flexibility index (Phi) is 29.1. The van der Waals surface area contributed by atoms with Crippen molar-refractivity contribution < 1.29 is 70.7 Å². The van der Waals surface area contributed by atoms with E-state index in [1.54, 1.807) is 18.7 Å². The number of carbonyl (C=O) groups is 12. The molecule has 12 amide bonds. The van der Waals surface area contributed by atoms with Crippen molar-refractivity contribution in [2.75, 3.05) is 75.5 Å². The highest BCUT2D eigenvalue weighted by Crippen LogP contribution is 2.39. The van der Waals surface area contributed by atoms with Crippen LogP contribution in [0, 0.1) is 23.7 Å². The maximum atomic E-state index is 15.7. The van der Waals surface area contributed by atoms with Gasteiger partial charge in [-0.1, -0.05) is 116 Å². The summed E-state index contributed by atoms with van der Waals surface area (Å²) in [6.07, 6.45) is 5.84. The first kappa shape index (κ1) is 82.2. The average Bonchev–Trinajstić information content (AvgIpc) is 1.42. The molecular weight excluding hydrogens is 1340 g/mol. The van der Waals surface area contributed by atoms with Crippen molar-refractivity contribution in [3.8, 4) is 0 Å². The van der Waals surface area contributed by atoms with Gasteiger partial charge in [-0.2, -0.15) is 13.2 Å². The van der Waals surface area contributed by atoms with E-state index in [0.717, 1.165) is 73.3 Å². The third-order valence-corrected chi connectivity index (χ3v) is 23.4. The van der Waals surface area contributed by atoms with Crippen LogP contribution in [0.2, 0.25) is 5.02 Å². The summed E-state index contributed by atoms with van der Waals surface area (Å²) in [5, 5.41) is 8.16. The molecule has 10 atom stereocenters. The molecule has 1 aromatic carbocycles. The van der Waals surface area contributed by atoms with Gasteiger partial charge >= 0.3 is 6.18 Å². The molecule has 24 nitrogen and oxygen atoms in total. The molecule has 1 spiro atoms. The average molecular weight is 1460 g/mol. The van der Waals surface area contributed by atoms with E-state index in [1.165, 1.54) is 91.7 Å². The Labute approximate surface area is 605 Å². The molecule has 1 aromatic rings. The Morgan fingerprint density at radius 3 is 1.81 bits per heavy atom. The van der Waals surface area contributed by atoms with E-state index in [4.69, 9.17) is 11.6 Å². The number of fused-ring (bicyclic) bond motifs is 1. The largest absolute Gasteiger partial charge is 0.417 e. The van der Waals surface area contributed by atoms with Gasteiger partial charge in [0.25, 0.3) is 0 Å². The highest BCUT2D eigenvalue weighted by atomic mass is 35.5. The van der Waals surface area contributed by atoms with E-state index >= 15 is 28.8 Å². The molecular formula is C74H114ClF3N12O12. The predicted molar refractivity (Wildman–Crippen MR) is 378 cm³/mol. The van der Waals surface area contributed by atoms with Crippen LogP contribution in [0.15, 0.2) is 18.2 Å². The van der Waals surface area contributed by atoms with Crippen molar-refractivity contribution in [3.05, 3.63) is 34.3 Å². The lowest BCUT2D eigenvalue weighted by atomic mass is 9.84. The van der Waals surface area contributed by atoms with Crippen molar-refractivity contribution in [3.63, 3.8) is 0 Å². The molecule has 3 N–H and O–H groups in total. The molecule has 3 aliphatic carbocycles. The Morgan fingerprint density at radius 1 is 0.637 bits per heavy atom. The second kappa shape index (κ2) is 36.1. The number of likely N-dealkylation sites (tertiary alicyclic amines) is 1. The highest BCUT2D eigenvalue weighted by Gasteiger charge is 2.52. The van der Waals surface area contributed by atoms with E-state index in [0.29, 0.717) is 58.0 Å². The number of piperidine rings is 1. The van der Waals surface area contributed by atoms with Crippen molar-refractivity contribution in [2.24, 2.45) is 23.7 Å². The monoisotopic (exact) mass is 1450 g/mol. The number of hydrogen-bond acceptors (Lipinski definition) is 12. The van der Waals surface area contributed by atoms with E-state index in [1.807, 2.05) is 20.8 Å². The number of alkyl halides is 3. The molecule has 3 heterocycles. The number of likely N-dealkylation sites (N-methyl/N-ethyl adjacent to an activating group) is 7. The second-order valence-electron chi connectivity index (χ2n) is 30.5. The molecule has 102 heavy (non-hydrogen) atoms. The first-order valence-corrected chi connectivity index (χ1v) is 37.7. The molecule has 570 valence electrons. The summed E-state index contributed by atoms with van der Waals surface area (Å²) < 4.78 is 41.7. The van der Waals surface area contributed by atoms with Crippen LogP contribution < -0.4 is 16.0 Å². The van der Waals surface area contributed by atoms with E-state index in [2.05, 4.69) is 16.0 Å². The molecule has 3 saturated heterocycles. The minimum atomic E-state index is -4.76. The minimum Gasteiger partial charge on any atom is -0.343 e. The number of aryl methyl sites for hydroxylation is 1. The fourth-order valence-electron chi connectivity index (χ4n) is 16.1. The molecule has 3 aliphatic heterocycles. The highest BCUT2D eigenvalue weighted by molar-refractivity contribution is 6.31. The molecule has 7 rings (SSSR count). The Bertz CT molecular complexity index is 3190. The lowest BCUT2D eigenvalue weighted by Gasteiger charge is -2.45. The van der Waals surface area contributed by atoms with Gasteiger partial charge in [-0.3, -0.25) is 57.5 Å². The number of amides is 12. The maximum absolute atomic E-state index is 15.7. The number of halogens is 4. The zero-order valence-electron chi connectivity index (χ0n) is 62.5. The van der Waals surface area contributed by atoms with Crippen molar-refractivity contribution in [1.82, 2.24) is 60.0 Å². The van der Waals surface area contributed by atoms with Gasteiger partial charge in [0.2, 0.25) is 70.9 Å². The number of benzene rings is 1. The van der Waals surface area contributed by atoms with Gasteiger partial charge in [-0.05, 0) is 132 Å². The number of nitrogens with zero attached hydrogens (tertiary/aromatic N) is 9. The Morgan fingerprint density at radius 2 is 1.25 bits per heavy atom. The Hall–Kier alpha value is -7.06. The molecule has 0 bridgehead atoms. The van der Waals surface area contributed by atoms with Crippen LogP contribution in [0.25, 0.3) is 0 Å². The molecule has 28 heteroatoms. The van der Waals surface area contributed by atoms with Crippen LogP contribution in [-0.2, 0) is 70.1 Å². The van der Waals surface area contributed by atoms with Gasteiger partial charge in [-0.25, -0.2) is 0 Å². The summed E-state index contributed by atoms with van der Waals surface area (Å²) in [4.78, 5) is 193. The van der Waals surface area contributed by atoms with Crippen LogP contribution in [0.5, 0.6) is 0 Å². The molecule has 0 radical (unpaired) electrons. The maximum Gasteiger partial charge on any atom is 0.417 e. The van der Waals surface area contributed by atoms with Gasteiger partial charge < -0.3 is 60.0 Å². The zero-order valence-corrected chi connectivity index (χ0v) is 63.2. The van der Waals surface area contributed by atoms with Gasteiger partial charge in [0.1, 0.15) is 59.9 Å². The third-order valence-electron chi connectivity index (χ3n) is 23.0. The first-order chi connectivity index (χ1) is 48.1. The molecule has 6 aliphatic rings. The first-order valence-electron chi connectivity index (χ1n) is 37.3. The number of hydrogen-bond donors (Lipinski definition) is 3. The topological polar surface area (TPSA) is 270 Å². The van der Waals surface area contributed by atoms with Crippen molar-refractivity contribution in [1.29, 1.82) is 0 Å². The minimum absolute atomic E-state index is 0.00641. The molecule has 3 saturated carbocycles. The lowest BCUT2D eigenvalue weighted by molar-refractivity contribution is -0.160. The standard InChI is InChI=1S/C74H114ClF3N12O12/c1-14-46(5)61-70(100)83(8)47(6)65(95)90-39-34-55(90)68(98)86(11)57(42-48-26-18-16-19-27-48)67(97)82(7)44-59(91)79-53(33-31-49-30-32-51(52(75)41-49)74(76,77)78)66(96)85(10)54(15-2)64(94)81-73(35-22-23-36-73)72(102)88(13)62(50-28-20-21-29-50)71(101)87(12)58(69(99)89-37-24-17-25-38-89)43-60(92)84(9)56(40-45(3)4)63(93)80-61/h30,32,41,45-48,50,53-58,61-62H,14-29,31,33-40,42-44H2,1-13H3,(H,79,91)(H,80,93)(H,81,94)/t46-,47-,53-,54+,55?,56-,57-,58-,61-,62-/m0/s1. The normalized spacial score (nSPS) is 27.9. The Balaban J connectivity index is 1.30. The quantitative estimate of drug-likeness (QED) is 0.195. The fraction of sp³-hybridized carbons (Fsp3) is 0.757. The molecule has 6 fully saturated rings. The van der Waals surface area contributed by atoms with Crippen molar-refractivity contribution >= 4 is 82.5 Å². The summed E-state index contributed by atoms with van der Waals surface area (Å²) in [7, 11) is 10.1. The lowest BCUT2D eigenvalue weighted by Crippen LogP contribution is -2.65. The molecule has 0 aromatic heterocycles. The van der Waals surface area contributed by atoms with Gasteiger partial charge in [0, 0.05) is 69.0 Å². The van der Waals surface area contributed by atoms with Crippen LogP contribution in [0.1, 0.15) is 200 Å². The number of rotatable bonds is 12. The summed E-state index contributed by atoms with van der Waals surface area (Å²) in [5.41, 5.74) is -2.38. The van der Waals surface area contributed by atoms with E-state index in [-0.39, 0.29) is 75.3 Å². The number of carbonyl (C=O) groups excluding carboxylic acids is 12.